The SMILES string of the molecule is O=CC1([Se]c2ccccc2)CC2CC1C2. The van der Waals surface area contributed by atoms with Gasteiger partial charge in [0.2, 0.25) is 0 Å². The number of carbonyl (C=O) groups excluding carboxylic acids is 1. The van der Waals surface area contributed by atoms with Crippen molar-refractivity contribution in [3.8, 4) is 0 Å². The average Bonchev–Trinajstić information content (AvgIpc) is 2.73. The van der Waals surface area contributed by atoms with E-state index in [9.17, 15) is 4.79 Å². The Kier molecular flexibility index (Phi) is 2.22. The first-order valence-corrected chi connectivity index (χ1v) is 7.24. The first-order valence-electron chi connectivity index (χ1n) is 5.53. The molecule has 0 aliphatic heterocycles. The maximum absolute atomic E-state index is 11.4. The second-order valence-electron chi connectivity index (χ2n) is 4.73. The summed E-state index contributed by atoms with van der Waals surface area (Å²) in [4.78, 5) is 11.4. The molecule has 0 saturated heterocycles. The van der Waals surface area contributed by atoms with Crippen LogP contribution in [0.5, 0.6) is 0 Å². The van der Waals surface area contributed by atoms with Gasteiger partial charge in [0.15, 0.2) is 0 Å². The second kappa shape index (κ2) is 3.47. The van der Waals surface area contributed by atoms with Crippen molar-refractivity contribution >= 4 is 25.7 Å². The van der Waals surface area contributed by atoms with Crippen LogP contribution in [0.2, 0.25) is 4.31 Å². The predicted molar refractivity (Wildman–Crippen MR) is 61.4 cm³/mol. The van der Waals surface area contributed by atoms with Crippen molar-refractivity contribution in [1.29, 1.82) is 0 Å². The number of fused-ring (bicyclic) bond motifs is 1. The third-order valence-electron chi connectivity index (χ3n) is 3.79. The van der Waals surface area contributed by atoms with Crippen LogP contribution in [0.3, 0.4) is 0 Å². The molecule has 3 aliphatic carbocycles. The molecule has 0 aromatic heterocycles. The fraction of sp³-hybridized carbons (Fsp3) is 0.462. The summed E-state index contributed by atoms with van der Waals surface area (Å²) in [5, 5.41) is 0. The topological polar surface area (TPSA) is 17.1 Å². The number of hydrogen-bond donors (Lipinski definition) is 0. The standard InChI is InChI=1S/C13H14OSe/c14-9-13(8-10-6-11(13)7-10)15-12-4-2-1-3-5-12/h1-5,9-11H,6-8H2. The Hall–Kier alpha value is -0.591. The van der Waals surface area contributed by atoms with Gasteiger partial charge in [-0.05, 0) is 0 Å². The van der Waals surface area contributed by atoms with Gasteiger partial charge in [-0.25, -0.2) is 0 Å². The monoisotopic (exact) mass is 266 g/mol. The normalized spacial score (nSPS) is 37.3. The third-order valence-corrected chi connectivity index (χ3v) is 6.90. The summed E-state index contributed by atoms with van der Waals surface area (Å²) in [5.41, 5.74) is 0. The molecule has 0 amide bonds. The zero-order valence-corrected chi connectivity index (χ0v) is 10.3. The molecule has 1 aromatic rings. The van der Waals surface area contributed by atoms with Gasteiger partial charge in [0.25, 0.3) is 0 Å². The summed E-state index contributed by atoms with van der Waals surface area (Å²) >= 11 is 0.339. The van der Waals surface area contributed by atoms with Gasteiger partial charge < -0.3 is 0 Å². The van der Waals surface area contributed by atoms with Crippen LogP contribution < -0.4 is 4.46 Å². The molecular formula is C13H14OSe. The van der Waals surface area contributed by atoms with E-state index in [1.807, 2.05) is 6.07 Å². The van der Waals surface area contributed by atoms with E-state index in [1.54, 1.807) is 0 Å². The number of hydrogen-bond acceptors (Lipinski definition) is 1. The summed E-state index contributed by atoms with van der Waals surface area (Å²) < 4.78 is 1.43. The summed E-state index contributed by atoms with van der Waals surface area (Å²) in [7, 11) is 0. The number of rotatable bonds is 3. The number of aldehydes is 1. The Morgan fingerprint density at radius 1 is 1.27 bits per heavy atom. The van der Waals surface area contributed by atoms with Crippen LogP contribution in [0.25, 0.3) is 0 Å². The minimum atomic E-state index is 0.0546. The van der Waals surface area contributed by atoms with Crippen LogP contribution in [0.15, 0.2) is 30.3 Å². The summed E-state index contributed by atoms with van der Waals surface area (Å²) in [5.74, 6) is 1.57. The first kappa shape index (κ1) is 9.62. The summed E-state index contributed by atoms with van der Waals surface area (Å²) in [6, 6.07) is 10.5. The predicted octanol–water partition coefficient (Wildman–Crippen LogP) is 1.80. The van der Waals surface area contributed by atoms with Crippen molar-refractivity contribution in [3.63, 3.8) is 0 Å². The Bertz CT molecular complexity index is 369. The van der Waals surface area contributed by atoms with Crippen molar-refractivity contribution in [3.05, 3.63) is 30.3 Å². The van der Waals surface area contributed by atoms with Crippen molar-refractivity contribution < 1.29 is 4.79 Å². The van der Waals surface area contributed by atoms with Gasteiger partial charge in [0, 0.05) is 0 Å². The molecule has 2 bridgehead atoms. The van der Waals surface area contributed by atoms with E-state index in [2.05, 4.69) is 24.3 Å². The molecule has 3 fully saturated rings. The van der Waals surface area contributed by atoms with E-state index in [-0.39, 0.29) is 4.31 Å². The molecular weight excluding hydrogens is 251 g/mol. The molecule has 1 nitrogen and oxygen atoms in total. The van der Waals surface area contributed by atoms with Gasteiger partial charge in [-0.3, -0.25) is 0 Å². The molecule has 2 heteroatoms. The molecule has 4 rings (SSSR count). The summed E-state index contributed by atoms with van der Waals surface area (Å²) in [6.45, 7) is 0. The molecule has 0 heterocycles. The zero-order chi connectivity index (χ0) is 10.3. The van der Waals surface area contributed by atoms with E-state index >= 15 is 0 Å². The molecule has 0 N–H and O–H groups in total. The molecule has 0 spiro atoms. The fourth-order valence-electron chi connectivity index (χ4n) is 2.92. The van der Waals surface area contributed by atoms with Crippen molar-refractivity contribution in [2.45, 2.75) is 23.6 Å². The van der Waals surface area contributed by atoms with Crippen LogP contribution in [0.4, 0.5) is 0 Å². The van der Waals surface area contributed by atoms with Crippen molar-refractivity contribution in [1.82, 2.24) is 0 Å². The third kappa shape index (κ3) is 1.47. The number of benzene rings is 1. The molecule has 0 radical (unpaired) electrons. The average molecular weight is 265 g/mol. The van der Waals surface area contributed by atoms with Crippen LogP contribution in [-0.2, 0) is 4.79 Å². The number of carbonyl (C=O) groups is 1. The van der Waals surface area contributed by atoms with E-state index in [0.717, 1.165) is 12.3 Å². The fourth-order valence-corrected chi connectivity index (χ4v) is 5.98. The Morgan fingerprint density at radius 2 is 2.00 bits per heavy atom. The molecule has 1 aromatic carbocycles. The quantitative estimate of drug-likeness (QED) is 0.601. The van der Waals surface area contributed by atoms with Crippen molar-refractivity contribution in [2.75, 3.05) is 0 Å². The second-order valence-corrected chi connectivity index (χ2v) is 7.74. The molecule has 78 valence electrons. The molecule has 3 aliphatic rings. The van der Waals surface area contributed by atoms with E-state index in [4.69, 9.17) is 0 Å². The van der Waals surface area contributed by atoms with Gasteiger partial charge in [0.1, 0.15) is 0 Å². The molecule has 1 atom stereocenters. The van der Waals surface area contributed by atoms with Crippen LogP contribution in [0.1, 0.15) is 19.3 Å². The Labute approximate surface area is 96.4 Å². The summed E-state index contributed by atoms with van der Waals surface area (Å²) in [6.07, 6.45) is 5.06. The van der Waals surface area contributed by atoms with E-state index in [0.29, 0.717) is 20.9 Å². The molecule has 1 unspecified atom stereocenters. The minimum absolute atomic E-state index is 0.0546. The van der Waals surface area contributed by atoms with Gasteiger partial charge in [-0.15, -0.1) is 0 Å². The Morgan fingerprint density at radius 3 is 2.53 bits per heavy atom. The van der Waals surface area contributed by atoms with E-state index < -0.39 is 0 Å². The van der Waals surface area contributed by atoms with Crippen LogP contribution in [0, 0.1) is 11.8 Å². The van der Waals surface area contributed by atoms with Crippen LogP contribution >= 0.6 is 0 Å². The van der Waals surface area contributed by atoms with Crippen LogP contribution in [-0.4, -0.2) is 21.2 Å². The molecule has 3 saturated carbocycles. The van der Waals surface area contributed by atoms with Gasteiger partial charge in [-0.2, -0.15) is 0 Å². The maximum atomic E-state index is 11.4. The van der Waals surface area contributed by atoms with Gasteiger partial charge in [0.05, 0.1) is 0 Å². The molecule has 15 heavy (non-hydrogen) atoms. The first-order chi connectivity index (χ1) is 7.32. The Balaban J connectivity index is 1.84. The van der Waals surface area contributed by atoms with E-state index in [1.165, 1.54) is 23.6 Å². The van der Waals surface area contributed by atoms with Gasteiger partial charge >= 0.3 is 96.2 Å². The van der Waals surface area contributed by atoms with Crippen molar-refractivity contribution in [2.24, 2.45) is 11.8 Å². The van der Waals surface area contributed by atoms with Gasteiger partial charge in [-0.1, -0.05) is 0 Å². The zero-order valence-electron chi connectivity index (χ0n) is 8.56.